The Morgan fingerprint density at radius 3 is 1.85 bits per heavy atom. The fourth-order valence-corrected chi connectivity index (χ4v) is 4.39. The second kappa shape index (κ2) is 7.15. The summed E-state index contributed by atoms with van der Waals surface area (Å²) in [5, 5.41) is 0.0926. The van der Waals surface area contributed by atoms with Crippen molar-refractivity contribution in [1.82, 2.24) is 0 Å². The van der Waals surface area contributed by atoms with E-state index in [1.807, 2.05) is 13.8 Å². The van der Waals surface area contributed by atoms with E-state index in [0.29, 0.717) is 11.6 Å². The van der Waals surface area contributed by atoms with Gasteiger partial charge in [0.15, 0.2) is 5.78 Å². The van der Waals surface area contributed by atoms with E-state index in [-0.39, 0.29) is 14.2 Å². The van der Waals surface area contributed by atoms with Crippen LogP contribution in [0.4, 0.5) is 0 Å². The van der Waals surface area contributed by atoms with Crippen LogP contribution in [0.25, 0.3) is 0 Å². The fourth-order valence-electron chi connectivity index (χ4n) is 3.66. The van der Waals surface area contributed by atoms with Crippen molar-refractivity contribution in [2.24, 2.45) is 11.3 Å². The van der Waals surface area contributed by atoms with E-state index in [4.69, 9.17) is 0 Å². The van der Waals surface area contributed by atoms with Crippen LogP contribution in [0.15, 0.2) is 0 Å². The molecule has 0 bridgehead atoms. The molecule has 1 radical (unpaired) electrons. The first-order valence-electron chi connectivity index (χ1n) is 7.77. The standard InChI is InChI=1S/C17H33BIO/c1-12(2)10-13(3)18-16(6,7)11-15(4,5)14(20)17(8,9)19/h12-13H,10-11H2,1-9H3. The van der Waals surface area contributed by atoms with Crippen molar-refractivity contribution in [2.75, 3.05) is 0 Å². The summed E-state index contributed by atoms with van der Waals surface area (Å²) < 4.78 is -0.291. The Morgan fingerprint density at radius 2 is 1.50 bits per heavy atom. The molecule has 0 N–H and O–H groups in total. The minimum atomic E-state index is -0.291. The lowest BCUT2D eigenvalue weighted by molar-refractivity contribution is -0.129. The number of Topliss-reactive ketones (excluding diaryl/α,β-unsaturated/α-hetero) is 1. The Bertz CT molecular complexity index is 326. The normalized spacial score (nSPS) is 15.3. The first-order valence-corrected chi connectivity index (χ1v) is 8.85. The molecule has 1 unspecified atom stereocenters. The molecule has 0 rings (SSSR count). The molecule has 0 aliphatic rings. The first kappa shape index (κ1) is 20.5. The van der Waals surface area contributed by atoms with Crippen LogP contribution in [-0.2, 0) is 4.79 Å². The van der Waals surface area contributed by atoms with Gasteiger partial charge in [-0.15, -0.1) is 0 Å². The molecular formula is C17H33BIO. The minimum absolute atomic E-state index is 0.0926. The summed E-state index contributed by atoms with van der Waals surface area (Å²) in [6.07, 6.45) is 2.13. The van der Waals surface area contributed by atoms with E-state index in [9.17, 15) is 4.79 Å². The van der Waals surface area contributed by atoms with Crippen LogP contribution in [-0.4, -0.2) is 16.5 Å². The molecule has 0 aliphatic carbocycles. The van der Waals surface area contributed by atoms with Gasteiger partial charge < -0.3 is 0 Å². The van der Waals surface area contributed by atoms with Gasteiger partial charge >= 0.3 is 0 Å². The summed E-state index contributed by atoms with van der Waals surface area (Å²) >= 11 is 2.26. The van der Waals surface area contributed by atoms with Crippen molar-refractivity contribution in [3.05, 3.63) is 0 Å². The van der Waals surface area contributed by atoms with Crippen LogP contribution < -0.4 is 0 Å². The lowest BCUT2D eigenvalue weighted by Gasteiger charge is -2.38. The molecule has 1 atom stereocenters. The van der Waals surface area contributed by atoms with E-state index in [2.05, 4.69) is 78.3 Å². The number of hydrogen-bond acceptors (Lipinski definition) is 1. The van der Waals surface area contributed by atoms with Gasteiger partial charge in [0.05, 0.1) is 3.42 Å². The second-order valence-electron chi connectivity index (χ2n) is 8.62. The minimum Gasteiger partial charge on any atom is -0.298 e. The molecular weight excluding hydrogens is 358 g/mol. The number of rotatable bonds is 8. The molecule has 0 fully saturated rings. The van der Waals surface area contributed by atoms with Crippen molar-refractivity contribution < 1.29 is 4.79 Å². The molecule has 0 aliphatic heterocycles. The third kappa shape index (κ3) is 7.47. The number of hydrogen-bond donors (Lipinski definition) is 0. The highest BCUT2D eigenvalue weighted by Gasteiger charge is 2.41. The van der Waals surface area contributed by atoms with Crippen LogP contribution >= 0.6 is 22.6 Å². The monoisotopic (exact) mass is 391 g/mol. The zero-order valence-electron chi connectivity index (χ0n) is 14.9. The van der Waals surface area contributed by atoms with Crippen LogP contribution in [0.1, 0.15) is 75.2 Å². The molecule has 0 saturated heterocycles. The molecule has 0 saturated carbocycles. The highest BCUT2D eigenvalue weighted by molar-refractivity contribution is 14.1. The smallest absolute Gasteiger partial charge is 0.153 e. The van der Waals surface area contributed by atoms with E-state index >= 15 is 0 Å². The number of alkyl halides is 1. The van der Waals surface area contributed by atoms with Crippen LogP contribution in [0.5, 0.6) is 0 Å². The molecule has 0 heterocycles. The highest BCUT2D eigenvalue weighted by atomic mass is 127. The number of halogens is 1. The maximum Gasteiger partial charge on any atom is 0.153 e. The summed E-state index contributed by atoms with van der Waals surface area (Å²) in [5.74, 6) is 1.67. The van der Waals surface area contributed by atoms with E-state index in [0.717, 1.165) is 12.3 Å². The van der Waals surface area contributed by atoms with Crippen molar-refractivity contribution in [2.45, 2.75) is 89.7 Å². The number of carbonyl (C=O) groups excluding carboxylic acids is 1. The molecule has 0 aromatic carbocycles. The average molecular weight is 391 g/mol. The van der Waals surface area contributed by atoms with Crippen molar-refractivity contribution in [3.63, 3.8) is 0 Å². The predicted octanol–water partition coefficient (Wildman–Crippen LogP) is 5.94. The predicted molar refractivity (Wildman–Crippen MR) is 100 cm³/mol. The van der Waals surface area contributed by atoms with Gasteiger partial charge in [-0.3, -0.25) is 4.79 Å². The third-order valence-corrected chi connectivity index (χ3v) is 4.12. The van der Waals surface area contributed by atoms with Gasteiger partial charge in [0.2, 0.25) is 0 Å². The zero-order valence-corrected chi connectivity index (χ0v) is 17.1. The summed E-state index contributed by atoms with van der Waals surface area (Å²) in [7, 11) is 2.45. The van der Waals surface area contributed by atoms with Crippen LogP contribution in [0, 0.1) is 11.3 Å². The van der Waals surface area contributed by atoms with Crippen molar-refractivity contribution in [3.8, 4) is 0 Å². The third-order valence-electron chi connectivity index (χ3n) is 3.63. The zero-order chi connectivity index (χ0) is 16.4. The Morgan fingerprint density at radius 1 is 1.05 bits per heavy atom. The molecule has 3 heteroatoms. The Kier molecular flexibility index (Phi) is 7.32. The molecule has 0 amide bonds. The molecule has 117 valence electrons. The van der Waals surface area contributed by atoms with Gasteiger partial charge in [-0.25, -0.2) is 0 Å². The topological polar surface area (TPSA) is 17.1 Å². The van der Waals surface area contributed by atoms with Crippen molar-refractivity contribution in [1.29, 1.82) is 0 Å². The molecule has 1 nitrogen and oxygen atoms in total. The van der Waals surface area contributed by atoms with E-state index < -0.39 is 0 Å². The molecule has 0 aromatic rings. The number of ketones is 1. The van der Waals surface area contributed by atoms with Crippen LogP contribution in [0.3, 0.4) is 0 Å². The SMILES string of the molecule is CC(C)CC(C)[B]C(C)(C)CC(C)(C)C(=O)C(C)(C)I. The second-order valence-corrected chi connectivity index (χ2v) is 11.3. The molecule has 0 aromatic heterocycles. The first-order chi connectivity index (χ1) is 8.67. The molecule has 0 spiro atoms. The highest BCUT2D eigenvalue weighted by Crippen LogP contribution is 2.44. The summed E-state index contributed by atoms with van der Waals surface area (Å²) in [5.41, 5.74) is -0.276. The van der Waals surface area contributed by atoms with Gasteiger partial charge in [-0.1, -0.05) is 88.6 Å². The lowest BCUT2D eigenvalue weighted by Crippen LogP contribution is -2.40. The summed E-state index contributed by atoms with van der Waals surface area (Å²) in [4.78, 5) is 12.6. The quantitative estimate of drug-likeness (QED) is 0.284. The van der Waals surface area contributed by atoms with E-state index in [1.165, 1.54) is 6.42 Å². The lowest BCUT2D eigenvalue weighted by atomic mass is 9.43. The Labute approximate surface area is 141 Å². The average Bonchev–Trinajstić information content (AvgIpc) is 2.09. The van der Waals surface area contributed by atoms with Crippen molar-refractivity contribution >= 4 is 35.7 Å². The summed E-state index contributed by atoms with van der Waals surface area (Å²) in [6.45, 7) is 19.6. The largest absolute Gasteiger partial charge is 0.298 e. The Balaban J connectivity index is 4.78. The van der Waals surface area contributed by atoms with Gasteiger partial charge in [0.1, 0.15) is 7.28 Å². The van der Waals surface area contributed by atoms with Gasteiger partial charge in [-0.05, 0) is 26.2 Å². The van der Waals surface area contributed by atoms with Crippen LogP contribution in [0.2, 0.25) is 11.1 Å². The van der Waals surface area contributed by atoms with E-state index in [1.54, 1.807) is 0 Å². The van der Waals surface area contributed by atoms with Gasteiger partial charge in [0, 0.05) is 5.41 Å². The molecule has 20 heavy (non-hydrogen) atoms. The maximum absolute atomic E-state index is 12.6. The van der Waals surface area contributed by atoms with Gasteiger partial charge in [-0.2, -0.15) is 0 Å². The summed E-state index contributed by atoms with van der Waals surface area (Å²) in [6, 6.07) is 0. The fraction of sp³-hybridized carbons (Fsp3) is 0.941. The number of carbonyl (C=O) groups is 1. The Hall–Kier alpha value is 0.465. The van der Waals surface area contributed by atoms with Gasteiger partial charge in [0.25, 0.3) is 0 Å². The maximum atomic E-state index is 12.6.